The third kappa shape index (κ3) is 4.27. The molecule has 164 valence electrons. The van der Waals surface area contributed by atoms with Crippen LogP contribution in [0.15, 0.2) is 4.47 Å². The van der Waals surface area contributed by atoms with E-state index in [1.165, 1.54) is 18.3 Å². The van der Waals surface area contributed by atoms with E-state index >= 15 is 0 Å². The van der Waals surface area contributed by atoms with Crippen molar-refractivity contribution in [3.8, 4) is 0 Å². The summed E-state index contributed by atoms with van der Waals surface area (Å²) < 4.78 is 46.1. The van der Waals surface area contributed by atoms with Crippen molar-refractivity contribution < 1.29 is 27.5 Å². The van der Waals surface area contributed by atoms with Crippen LogP contribution >= 0.6 is 27.3 Å². The number of carbonyl (C=O) groups is 2. The summed E-state index contributed by atoms with van der Waals surface area (Å²) in [7, 11) is 0. The molecule has 2 aromatic heterocycles. The number of rotatable bonds is 6. The highest BCUT2D eigenvalue weighted by molar-refractivity contribution is 9.10. The summed E-state index contributed by atoms with van der Waals surface area (Å²) in [6.07, 6.45) is -3.15. The molecule has 2 heterocycles. The van der Waals surface area contributed by atoms with Crippen molar-refractivity contribution in [1.29, 1.82) is 0 Å². The molecular weight excluding hydrogens is 487 g/mol. The first-order valence-corrected chi connectivity index (χ1v) is 11.0. The second-order valence-corrected chi connectivity index (χ2v) is 9.16. The molecule has 11 heteroatoms. The van der Waals surface area contributed by atoms with E-state index in [1.54, 1.807) is 13.8 Å². The summed E-state index contributed by atoms with van der Waals surface area (Å²) in [5.41, 5.74) is 0.286. The largest absolute Gasteiger partial charge is 0.462 e. The zero-order chi connectivity index (χ0) is 22.4. The smallest absolute Gasteiger partial charge is 0.436 e. The summed E-state index contributed by atoms with van der Waals surface area (Å²) in [4.78, 5) is 26.1. The normalized spacial score (nSPS) is 15.2. The number of thiophene rings is 1. The molecule has 30 heavy (non-hydrogen) atoms. The van der Waals surface area contributed by atoms with Gasteiger partial charge in [-0.2, -0.15) is 18.3 Å². The maximum absolute atomic E-state index is 13.3. The van der Waals surface area contributed by atoms with Gasteiger partial charge in [0.2, 0.25) is 5.91 Å². The molecule has 1 amide bonds. The number of carbonyl (C=O) groups excluding carboxylic acids is 2. The molecule has 2 aromatic rings. The zero-order valence-corrected chi connectivity index (χ0v) is 19.2. The molecule has 3 rings (SSSR count). The average molecular weight is 508 g/mol. The van der Waals surface area contributed by atoms with Gasteiger partial charge in [0.15, 0.2) is 5.69 Å². The second-order valence-electron chi connectivity index (χ2n) is 7.14. The standard InChI is InChI=1S/C19H21BrF3N3O3S/c1-5-29-18(28)12-8(2)10(4)30-17(12)24-16(27)9(3)26-14(11-6-7-11)13(20)15(25-26)19(21,22)23/h9,11H,5-7H2,1-4H3,(H,24,27). The number of hydrogen-bond donors (Lipinski definition) is 1. The Bertz CT molecular complexity index is 996. The number of esters is 1. The van der Waals surface area contributed by atoms with Crippen molar-refractivity contribution in [3.63, 3.8) is 0 Å². The van der Waals surface area contributed by atoms with E-state index < -0.39 is 29.8 Å². The van der Waals surface area contributed by atoms with Crippen LogP contribution in [0.4, 0.5) is 18.2 Å². The summed E-state index contributed by atoms with van der Waals surface area (Å²) in [5, 5.41) is 6.71. The first-order chi connectivity index (χ1) is 14.0. The average Bonchev–Trinajstić information content (AvgIpc) is 3.36. The lowest BCUT2D eigenvalue weighted by Crippen LogP contribution is -2.26. The van der Waals surface area contributed by atoms with Crippen molar-refractivity contribution >= 4 is 44.1 Å². The Morgan fingerprint density at radius 3 is 2.53 bits per heavy atom. The van der Waals surface area contributed by atoms with E-state index in [0.29, 0.717) is 16.3 Å². The van der Waals surface area contributed by atoms with Crippen molar-refractivity contribution in [2.75, 3.05) is 11.9 Å². The van der Waals surface area contributed by atoms with Gasteiger partial charge in [0.1, 0.15) is 11.0 Å². The molecule has 1 N–H and O–H groups in total. The van der Waals surface area contributed by atoms with E-state index in [2.05, 4.69) is 26.3 Å². The fourth-order valence-corrected chi connectivity index (χ4v) is 4.98. The van der Waals surface area contributed by atoms with E-state index in [4.69, 9.17) is 4.74 Å². The fraction of sp³-hybridized carbons (Fsp3) is 0.526. The molecule has 1 fully saturated rings. The second kappa shape index (κ2) is 8.33. The molecule has 0 aromatic carbocycles. The van der Waals surface area contributed by atoms with Gasteiger partial charge in [-0.3, -0.25) is 9.48 Å². The maximum Gasteiger partial charge on any atom is 0.436 e. The SMILES string of the molecule is CCOC(=O)c1c(NC(=O)C(C)n2nc(C(F)(F)F)c(Br)c2C2CC2)sc(C)c1C. The molecule has 1 saturated carbocycles. The molecule has 0 aliphatic heterocycles. The number of ether oxygens (including phenoxy) is 1. The van der Waals surface area contributed by atoms with Crippen LogP contribution in [0.3, 0.4) is 0 Å². The minimum Gasteiger partial charge on any atom is -0.462 e. The monoisotopic (exact) mass is 507 g/mol. The number of nitrogens with zero attached hydrogens (tertiary/aromatic N) is 2. The minimum absolute atomic E-state index is 0.0699. The third-order valence-electron chi connectivity index (χ3n) is 4.97. The molecule has 1 aliphatic carbocycles. The van der Waals surface area contributed by atoms with Crippen molar-refractivity contribution in [2.24, 2.45) is 0 Å². The Labute approximate surface area is 183 Å². The van der Waals surface area contributed by atoms with E-state index in [9.17, 15) is 22.8 Å². The van der Waals surface area contributed by atoms with Gasteiger partial charge in [-0.25, -0.2) is 4.79 Å². The number of alkyl halides is 3. The highest BCUT2D eigenvalue weighted by Gasteiger charge is 2.43. The van der Waals surface area contributed by atoms with E-state index in [1.807, 2.05) is 6.92 Å². The third-order valence-corrected chi connectivity index (χ3v) is 6.87. The van der Waals surface area contributed by atoms with E-state index in [0.717, 1.165) is 22.4 Å². The van der Waals surface area contributed by atoms with Crippen LogP contribution < -0.4 is 5.32 Å². The van der Waals surface area contributed by atoms with Crippen LogP contribution in [0.5, 0.6) is 0 Å². The predicted octanol–water partition coefficient (Wildman–Crippen LogP) is 5.60. The Morgan fingerprint density at radius 1 is 1.37 bits per heavy atom. The Balaban J connectivity index is 1.93. The number of nitrogens with one attached hydrogen (secondary N) is 1. The van der Waals surface area contributed by atoms with Gasteiger partial charge < -0.3 is 10.1 Å². The predicted molar refractivity (Wildman–Crippen MR) is 110 cm³/mol. The fourth-order valence-electron chi connectivity index (χ4n) is 3.12. The maximum atomic E-state index is 13.3. The van der Waals surface area contributed by atoms with Crippen LogP contribution in [0.2, 0.25) is 0 Å². The highest BCUT2D eigenvalue weighted by Crippen LogP contribution is 2.48. The lowest BCUT2D eigenvalue weighted by Gasteiger charge is -2.16. The first-order valence-electron chi connectivity index (χ1n) is 9.40. The summed E-state index contributed by atoms with van der Waals surface area (Å²) >= 11 is 4.25. The van der Waals surface area contributed by atoms with Crippen LogP contribution in [0.25, 0.3) is 0 Å². The molecule has 0 bridgehead atoms. The van der Waals surface area contributed by atoms with Crippen LogP contribution in [0, 0.1) is 13.8 Å². The van der Waals surface area contributed by atoms with E-state index in [-0.39, 0.29) is 22.6 Å². The molecule has 1 atom stereocenters. The topological polar surface area (TPSA) is 73.2 Å². The van der Waals surface area contributed by atoms with Crippen molar-refractivity contribution in [1.82, 2.24) is 9.78 Å². The van der Waals surface area contributed by atoms with Gasteiger partial charge >= 0.3 is 12.1 Å². The van der Waals surface area contributed by atoms with Crippen molar-refractivity contribution in [2.45, 2.75) is 58.7 Å². The Hall–Kier alpha value is -1.88. The Kier molecular flexibility index (Phi) is 6.33. The zero-order valence-electron chi connectivity index (χ0n) is 16.8. The molecule has 0 radical (unpaired) electrons. The molecular formula is C19H21BrF3N3O3S. The molecule has 0 saturated heterocycles. The lowest BCUT2D eigenvalue weighted by atomic mass is 10.1. The highest BCUT2D eigenvalue weighted by atomic mass is 79.9. The first kappa shape index (κ1) is 22.8. The van der Waals surface area contributed by atoms with Gasteiger partial charge in [0, 0.05) is 10.8 Å². The van der Waals surface area contributed by atoms with Gasteiger partial charge in [-0.05, 0) is 62.0 Å². The molecule has 6 nitrogen and oxygen atoms in total. The number of aromatic nitrogens is 2. The van der Waals surface area contributed by atoms with Crippen LogP contribution in [-0.2, 0) is 15.7 Å². The van der Waals surface area contributed by atoms with Gasteiger partial charge in [0.05, 0.1) is 22.3 Å². The quantitative estimate of drug-likeness (QED) is 0.516. The summed E-state index contributed by atoms with van der Waals surface area (Å²) in [6.45, 7) is 6.91. The summed E-state index contributed by atoms with van der Waals surface area (Å²) in [5.74, 6) is -1.19. The van der Waals surface area contributed by atoms with Crippen LogP contribution in [-0.4, -0.2) is 28.3 Å². The summed E-state index contributed by atoms with van der Waals surface area (Å²) in [6, 6.07) is -1.01. The van der Waals surface area contributed by atoms with Gasteiger partial charge in [0.25, 0.3) is 0 Å². The van der Waals surface area contributed by atoms with Crippen molar-refractivity contribution in [3.05, 3.63) is 31.9 Å². The number of anilines is 1. The number of aryl methyl sites for hydroxylation is 1. The molecule has 1 aliphatic rings. The van der Waals surface area contributed by atoms with Gasteiger partial charge in [-0.15, -0.1) is 11.3 Å². The minimum atomic E-state index is -4.64. The number of amides is 1. The Morgan fingerprint density at radius 2 is 2.00 bits per heavy atom. The molecule has 0 spiro atoms. The van der Waals surface area contributed by atoms with Gasteiger partial charge in [-0.1, -0.05) is 0 Å². The number of halogens is 4. The lowest BCUT2D eigenvalue weighted by molar-refractivity contribution is -0.142. The molecule has 1 unspecified atom stereocenters. The number of hydrogen-bond acceptors (Lipinski definition) is 5. The van der Waals surface area contributed by atoms with Crippen LogP contribution in [0.1, 0.15) is 70.8 Å².